The fourth-order valence-electron chi connectivity index (χ4n) is 3.03. The minimum atomic E-state index is 0.00856. The van der Waals surface area contributed by atoms with Crippen LogP contribution in [0.3, 0.4) is 0 Å². The Morgan fingerprint density at radius 1 is 1.50 bits per heavy atom. The van der Waals surface area contributed by atoms with E-state index >= 15 is 0 Å². The van der Waals surface area contributed by atoms with Crippen LogP contribution in [0, 0.1) is 12.3 Å². The molecule has 0 saturated carbocycles. The quantitative estimate of drug-likeness (QED) is 0.904. The van der Waals surface area contributed by atoms with Crippen LogP contribution >= 0.6 is 11.3 Å². The zero-order valence-electron chi connectivity index (χ0n) is 12.0. The average molecular weight is 289 g/mol. The van der Waals surface area contributed by atoms with Gasteiger partial charge < -0.3 is 9.73 Å². The van der Waals surface area contributed by atoms with Crippen molar-refractivity contribution in [2.24, 2.45) is 5.41 Å². The number of aryl methyl sites for hydroxylation is 1. The predicted molar refractivity (Wildman–Crippen MR) is 80.1 cm³/mol. The Kier molecular flexibility index (Phi) is 3.21. The summed E-state index contributed by atoms with van der Waals surface area (Å²) < 4.78 is 5.68. The Morgan fingerprint density at radius 2 is 2.30 bits per heavy atom. The van der Waals surface area contributed by atoms with Gasteiger partial charge in [-0.2, -0.15) is 0 Å². The largest absolute Gasteiger partial charge is 0.469 e. The highest BCUT2D eigenvalue weighted by Crippen LogP contribution is 2.42. The first-order valence-electron chi connectivity index (χ1n) is 6.87. The fraction of sp³-hybridized carbons (Fsp3) is 0.438. The maximum atomic E-state index is 12.3. The van der Waals surface area contributed by atoms with Crippen molar-refractivity contribution in [1.82, 2.24) is 5.32 Å². The number of nitrogens with one attached hydrogen (secondary N) is 1. The molecule has 3 rings (SSSR count). The maximum absolute atomic E-state index is 12.3. The first kappa shape index (κ1) is 13.4. The molecule has 0 fully saturated rings. The molecule has 2 aromatic heterocycles. The van der Waals surface area contributed by atoms with Gasteiger partial charge in [0.05, 0.1) is 17.2 Å². The monoisotopic (exact) mass is 289 g/mol. The molecule has 1 N–H and O–H groups in total. The van der Waals surface area contributed by atoms with Crippen molar-refractivity contribution in [3.63, 3.8) is 0 Å². The summed E-state index contributed by atoms with van der Waals surface area (Å²) in [6, 6.07) is 3.80. The van der Waals surface area contributed by atoms with Crippen LogP contribution in [0.15, 0.2) is 28.2 Å². The molecule has 0 radical (unpaired) electrons. The topological polar surface area (TPSA) is 42.2 Å². The second-order valence-electron chi connectivity index (χ2n) is 6.30. The van der Waals surface area contributed by atoms with E-state index in [9.17, 15) is 4.79 Å². The first-order valence-corrected chi connectivity index (χ1v) is 7.75. The summed E-state index contributed by atoms with van der Waals surface area (Å²) in [5.41, 5.74) is 2.45. The van der Waals surface area contributed by atoms with Crippen LogP contribution in [0.4, 0.5) is 0 Å². The molecule has 1 atom stereocenters. The van der Waals surface area contributed by atoms with Gasteiger partial charge in [0, 0.05) is 12.0 Å². The van der Waals surface area contributed by atoms with Crippen molar-refractivity contribution in [1.29, 1.82) is 0 Å². The molecular weight excluding hydrogens is 270 g/mol. The number of rotatable bonds is 2. The Bertz CT molecular complexity index is 625. The van der Waals surface area contributed by atoms with Gasteiger partial charge in [-0.3, -0.25) is 4.79 Å². The fourth-order valence-corrected chi connectivity index (χ4v) is 3.66. The van der Waals surface area contributed by atoms with E-state index in [1.807, 2.05) is 24.4 Å². The molecule has 0 saturated heterocycles. The van der Waals surface area contributed by atoms with Gasteiger partial charge in [0.15, 0.2) is 0 Å². The number of furan rings is 1. The van der Waals surface area contributed by atoms with Gasteiger partial charge in [-0.25, -0.2) is 0 Å². The van der Waals surface area contributed by atoms with Crippen LogP contribution < -0.4 is 5.32 Å². The molecule has 0 aromatic carbocycles. The summed E-state index contributed by atoms with van der Waals surface area (Å²) in [6.07, 6.45) is 3.68. The van der Waals surface area contributed by atoms with Crippen molar-refractivity contribution in [2.45, 2.75) is 39.7 Å². The van der Waals surface area contributed by atoms with E-state index in [2.05, 4.69) is 19.2 Å². The lowest BCUT2D eigenvalue weighted by Gasteiger charge is -2.35. The highest BCUT2D eigenvalue weighted by Gasteiger charge is 2.36. The number of hydrogen-bond donors (Lipinski definition) is 1. The van der Waals surface area contributed by atoms with E-state index in [0.717, 1.165) is 29.0 Å². The molecule has 0 bridgehead atoms. The summed E-state index contributed by atoms with van der Waals surface area (Å²) in [4.78, 5) is 13.1. The van der Waals surface area contributed by atoms with E-state index in [0.29, 0.717) is 0 Å². The molecule has 2 heterocycles. The van der Waals surface area contributed by atoms with E-state index in [1.54, 1.807) is 6.26 Å². The number of carbonyl (C=O) groups is 1. The summed E-state index contributed by atoms with van der Waals surface area (Å²) in [7, 11) is 0. The number of thiophene rings is 1. The van der Waals surface area contributed by atoms with E-state index in [1.165, 1.54) is 16.9 Å². The van der Waals surface area contributed by atoms with Gasteiger partial charge in [0.1, 0.15) is 5.76 Å². The molecule has 20 heavy (non-hydrogen) atoms. The number of fused-ring (bicyclic) bond motifs is 1. The Morgan fingerprint density at radius 3 is 3.00 bits per heavy atom. The minimum absolute atomic E-state index is 0.00856. The highest BCUT2D eigenvalue weighted by molar-refractivity contribution is 7.12. The van der Waals surface area contributed by atoms with Gasteiger partial charge >= 0.3 is 0 Å². The van der Waals surface area contributed by atoms with Crippen LogP contribution in [0.5, 0.6) is 0 Å². The molecule has 0 aliphatic heterocycles. The number of hydrogen-bond acceptors (Lipinski definition) is 3. The van der Waals surface area contributed by atoms with Gasteiger partial charge in [0.2, 0.25) is 0 Å². The molecule has 106 valence electrons. The van der Waals surface area contributed by atoms with Crippen molar-refractivity contribution in [3.05, 3.63) is 45.5 Å². The maximum Gasteiger partial charge on any atom is 0.261 e. The third-order valence-corrected chi connectivity index (χ3v) is 4.77. The predicted octanol–water partition coefficient (Wildman–Crippen LogP) is 4.09. The third-order valence-electron chi connectivity index (χ3n) is 3.90. The smallest absolute Gasteiger partial charge is 0.261 e. The van der Waals surface area contributed by atoms with Crippen molar-refractivity contribution in [3.8, 4) is 0 Å². The van der Waals surface area contributed by atoms with Crippen LogP contribution in [-0.4, -0.2) is 5.91 Å². The lowest BCUT2D eigenvalue weighted by molar-refractivity contribution is 0.0921. The normalized spacial score (nSPS) is 20.4. The molecule has 2 aromatic rings. The molecule has 1 aliphatic rings. The molecule has 1 amide bonds. The highest BCUT2D eigenvalue weighted by atomic mass is 32.1. The standard InChI is InChI=1S/C16H19NO2S/c1-10-9-19-12-8-16(2,3)7-11(14(10)12)17-15(18)13-5-4-6-20-13/h4-6,9,11H,7-8H2,1-3H3,(H,17,18)/t11-/m1/s1. The third kappa shape index (κ3) is 2.40. The first-order chi connectivity index (χ1) is 9.46. The summed E-state index contributed by atoms with van der Waals surface area (Å²) in [5.74, 6) is 1.03. The van der Waals surface area contributed by atoms with E-state index in [4.69, 9.17) is 4.42 Å². The zero-order valence-corrected chi connectivity index (χ0v) is 12.8. The molecule has 1 aliphatic carbocycles. The lowest BCUT2D eigenvalue weighted by Crippen LogP contribution is -2.36. The van der Waals surface area contributed by atoms with Crippen LogP contribution in [0.2, 0.25) is 0 Å². The Balaban J connectivity index is 1.89. The Hall–Kier alpha value is -1.55. The molecular formula is C16H19NO2S. The minimum Gasteiger partial charge on any atom is -0.469 e. The van der Waals surface area contributed by atoms with Crippen LogP contribution in [-0.2, 0) is 6.42 Å². The molecule has 4 heteroatoms. The van der Waals surface area contributed by atoms with Crippen LogP contribution in [0.25, 0.3) is 0 Å². The van der Waals surface area contributed by atoms with Crippen molar-refractivity contribution < 1.29 is 9.21 Å². The van der Waals surface area contributed by atoms with Crippen molar-refractivity contribution >= 4 is 17.2 Å². The van der Waals surface area contributed by atoms with Gasteiger partial charge in [-0.05, 0) is 35.8 Å². The van der Waals surface area contributed by atoms with Gasteiger partial charge in [0.25, 0.3) is 5.91 Å². The number of amides is 1. The van der Waals surface area contributed by atoms with Crippen molar-refractivity contribution in [2.75, 3.05) is 0 Å². The summed E-state index contributed by atoms with van der Waals surface area (Å²) >= 11 is 1.47. The van der Waals surface area contributed by atoms with Gasteiger partial charge in [-0.15, -0.1) is 11.3 Å². The van der Waals surface area contributed by atoms with Crippen LogP contribution in [0.1, 0.15) is 52.9 Å². The average Bonchev–Trinajstić information content (AvgIpc) is 2.97. The summed E-state index contributed by atoms with van der Waals surface area (Å²) in [6.45, 7) is 6.49. The molecule has 0 spiro atoms. The second kappa shape index (κ2) is 4.77. The van der Waals surface area contributed by atoms with Gasteiger partial charge in [-0.1, -0.05) is 19.9 Å². The number of carbonyl (C=O) groups excluding carboxylic acids is 1. The molecule has 3 nitrogen and oxygen atoms in total. The zero-order chi connectivity index (χ0) is 14.3. The van der Waals surface area contributed by atoms with E-state index < -0.39 is 0 Å². The Labute approximate surface area is 123 Å². The lowest BCUT2D eigenvalue weighted by atomic mass is 9.74. The van der Waals surface area contributed by atoms with E-state index in [-0.39, 0.29) is 17.4 Å². The summed E-state index contributed by atoms with van der Waals surface area (Å²) in [5, 5.41) is 5.10. The molecule has 0 unspecified atom stereocenters. The SMILES string of the molecule is Cc1coc2c1[C@H](NC(=O)c1cccs1)CC(C)(C)C2. The second-order valence-corrected chi connectivity index (χ2v) is 7.25.